The molecule has 0 saturated carbocycles. The van der Waals surface area contributed by atoms with Gasteiger partial charge in [0.1, 0.15) is 0 Å². The Hall–Kier alpha value is -1.14. The lowest BCUT2D eigenvalue weighted by Gasteiger charge is -2.32. The summed E-state index contributed by atoms with van der Waals surface area (Å²) in [4.78, 5) is 24.3. The minimum atomic E-state index is -0.895. The molecule has 0 aromatic carbocycles. The van der Waals surface area contributed by atoms with Crippen molar-refractivity contribution in [3.8, 4) is 0 Å². The second-order valence-corrected chi connectivity index (χ2v) is 4.77. The van der Waals surface area contributed by atoms with Gasteiger partial charge < -0.3 is 19.5 Å². The number of hydrogen-bond donors (Lipinski definition) is 1. The predicted molar refractivity (Wildman–Crippen MR) is 62.2 cm³/mol. The van der Waals surface area contributed by atoms with Gasteiger partial charge in [-0.25, -0.2) is 0 Å². The highest BCUT2D eigenvalue weighted by Crippen LogP contribution is 2.18. The number of nitrogens with zero attached hydrogens (tertiary/aromatic N) is 1. The summed E-state index contributed by atoms with van der Waals surface area (Å²) in [6, 6.07) is 0. The molecule has 102 valence electrons. The smallest absolute Gasteiger partial charge is 0.306 e. The Bertz CT molecular complexity index is 314. The van der Waals surface area contributed by atoms with Crippen LogP contribution in [0.3, 0.4) is 0 Å². The average Bonchev–Trinajstić information content (AvgIpc) is 2.81. The van der Waals surface area contributed by atoms with Crippen LogP contribution in [0.2, 0.25) is 0 Å². The molecule has 0 aliphatic carbocycles. The molecule has 2 fully saturated rings. The maximum atomic E-state index is 12.0. The van der Waals surface area contributed by atoms with Crippen LogP contribution in [-0.2, 0) is 19.1 Å². The summed E-state index contributed by atoms with van der Waals surface area (Å²) in [5, 5.41) is 8.72. The van der Waals surface area contributed by atoms with Crippen molar-refractivity contribution in [1.82, 2.24) is 4.90 Å². The normalized spacial score (nSPS) is 28.3. The number of hydrogen-bond acceptors (Lipinski definition) is 4. The largest absolute Gasteiger partial charge is 0.481 e. The first-order valence-electron chi connectivity index (χ1n) is 6.38. The van der Waals surface area contributed by atoms with Gasteiger partial charge in [-0.2, -0.15) is 0 Å². The van der Waals surface area contributed by atoms with Gasteiger partial charge in [-0.3, -0.25) is 9.59 Å². The van der Waals surface area contributed by atoms with Crippen LogP contribution in [-0.4, -0.2) is 60.4 Å². The zero-order valence-electron chi connectivity index (χ0n) is 10.3. The lowest BCUT2D eigenvalue weighted by molar-refractivity contribution is -0.148. The lowest BCUT2D eigenvalue weighted by Crippen LogP contribution is -2.47. The SMILES string of the molecule is O=C(O)C[C@H]1CN(C(=O)C[C@H]2CCCO2)CCO1. The molecule has 1 amide bonds. The average molecular weight is 257 g/mol. The van der Waals surface area contributed by atoms with Crippen LogP contribution in [0.1, 0.15) is 25.7 Å². The molecule has 0 aromatic heterocycles. The van der Waals surface area contributed by atoms with Crippen molar-refractivity contribution in [3.63, 3.8) is 0 Å². The first-order valence-corrected chi connectivity index (χ1v) is 6.38. The van der Waals surface area contributed by atoms with Gasteiger partial charge in [-0.1, -0.05) is 0 Å². The molecular formula is C12H19NO5. The number of aliphatic carboxylic acids is 1. The molecule has 2 heterocycles. The van der Waals surface area contributed by atoms with Gasteiger partial charge in [0.15, 0.2) is 0 Å². The summed E-state index contributed by atoms with van der Waals surface area (Å²) in [5.74, 6) is -0.853. The van der Waals surface area contributed by atoms with Crippen molar-refractivity contribution < 1.29 is 24.2 Å². The number of carboxylic acids is 1. The van der Waals surface area contributed by atoms with E-state index in [-0.39, 0.29) is 24.5 Å². The van der Waals surface area contributed by atoms with Gasteiger partial charge in [-0.15, -0.1) is 0 Å². The Balaban J connectivity index is 1.79. The van der Waals surface area contributed by atoms with E-state index in [9.17, 15) is 9.59 Å². The highest BCUT2D eigenvalue weighted by Gasteiger charge is 2.28. The number of carboxylic acid groups (broad SMARTS) is 1. The third-order valence-corrected chi connectivity index (χ3v) is 3.32. The number of amides is 1. The molecule has 0 bridgehead atoms. The molecule has 0 unspecified atom stereocenters. The summed E-state index contributed by atoms with van der Waals surface area (Å²) in [5.41, 5.74) is 0. The van der Waals surface area contributed by atoms with Crippen LogP contribution >= 0.6 is 0 Å². The summed E-state index contributed by atoms with van der Waals surface area (Å²) in [7, 11) is 0. The molecule has 0 spiro atoms. The lowest BCUT2D eigenvalue weighted by atomic mass is 10.1. The number of rotatable bonds is 4. The van der Waals surface area contributed by atoms with Gasteiger partial charge in [0.05, 0.1) is 31.7 Å². The van der Waals surface area contributed by atoms with E-state index in [0.29, 0.717) is 26.1 Å². The number of ether oxygens (including phenoxy) is 2. The van der Waals surface area contributed by atoms with Crippen LogP contribution in [0.25, 0.3) is 0 Å². The minimum Gasteiger partial charge on any atom is -0.481 e. The van der Waals surface area contributed by atoms with Crippen molar-refractivity contribution in [2.24, 2.45) is 0 Å². The predicted octanol–water partition coefficient (Wildman–Crippen LogP) is 0.258. The summed E-state index contributed by atoms with van der Waals surface area (Å²) in [6.07, 6.45) is 1.96. The first-order chi connectivity index (χ1) is 8.65. The summed E-state index contributed by atoms with van der Waals surface area (Å²) < 4.78 is 10.8. The van der Waals surface area contributed by atoms with Crippen molar-refractivity contribution in [2.75, 3.05) is 26.3 Å². The first kappa shape index (κ1) is 13.3. The Kier molecular flexibility index (Phi) is 4.54. The standard InChI is InChI=1S/C12H19NO5/c14-11(6-9-2-1-4-17-9)13-3-5-18-10(8-13)7-12(15)16/h9-10H,1-8H2,(H,15,16)/t9-,10+/m1/s1. The van der Waals surface area contributed by atoms with Gasteiger partial charge in [0, 0.05) is 19.7 Å². The van der Waals surface area contributed by atoms with Crippen molar-refractivity contribution in [3.05, 3.63) is 0 Å². The summed E-state index contributed by atoms with van der Waals surface area (Å²) in [6.45, 7) is 2.07. The molecule has 6 heteroatoms. The van der Waals surface area contributed by atoms with E-state index in [1.807, 2.05) is 0 Å². The van der Waals surface area contributed by atoms with Crippen LogP contribution in [0.5, 0.6) is 0 Å². The number of carbonyl (C=O) groups is 2. The second kappa shape index (κ2) is 6.15. The van der Waals surface area contributed by atoms with Crippen molar-refractivity contribution in [2.45, 2.75) is 37.9 Å². The molecule has 18 heavy (non-hydrogen) atoms. The number of carbonyl (C=O) groups excluding carboxylic acids is 1. The van der Waals surface area contributed by atoms with Crippen LogP contribution in [0, 0.1) is 0 Å². The zero-order chi connectivity index (χ0) is 13.0. The maximum absolute atomic E-state index is 12.0. The maximum Gasteiger partial charge on any atom is 0.306 e. The van der Waals surface area contributed by atoms with Crippen LogP contribution < -0.4 is 0 Å². The summed E-state index contributed by atoms with van der Waals surface area (Å²) >= 11 is 0. The van der Waals surface area contributed by atoms with E-state index in [4.69, 9.17) is 14.6 Å². The monoisotopic (exact) mass is 257 g/mol. The fourth-order valence-electron chi connectivity index (χ4n) is 2.39. The van der Waals surface area contributed by atoms with Crippen molar-refractivity contribution >= 4 is 11.9 Å². The molecule has 2 aliphatic rings. The minimum absolute atomic E-state index is 0.0401. The molecule has 2 saturated heterocycles. The Labute approximate surface area is 106 Å². The fourth-order valence-corrected chi connectivity index (χ4v) is 2.39. The molecule has 2 aliphatic heterocycles. The molecule has 1 N–H and O–H groups in total. The Morgan fingerprint density at radius 1 is 1.17 bits per heavy atom. The molecule has 6 nitrogen and oxygen atoms in total. The van der Waals surface area contributed by atoms with E-state index in [0.717, 1.165) is 19.4 Å². The highest BCUT2D eigenvalue weighted by molar-refractivity contribution is 5.77. The Morgan fingerprint density at radius 3 is 2.61 bits per heavy atom. The molecule has 0 aromatic rings. The third-order valence-electron chi connectivity index (χ3n) is 3.32. The van der Waals surface area contributed by atoms with E-state index in [1.165, 1.54) is 0 Å². The van der Waals surface area contributed by atoms with E-state index in [2.05, 4.69) is 0 Å². The van der Waals surface area contributed by atoms with Gasteiger partial charge in [0.2, 0.25) is 5.91 Å². The van der Waals surface area contributed by atoms with Gasteiger partial charge in [-0.05, 0) is 12.8 Å². The Morgan fingerprint density at radius 2 is 1.94 bits per heavy atom. The van der Waals surface area contributed by atoms with E-state index in [1.54, 1.807) is 4.90 Å². The quantitative estimate of drug-likeness (QED) is 0.781. The highest BCUT2D eigenvalue weighted by atomic mass is 16.5. The van der Waals surface area contributed by atoms with Crippen LogP contribution in [0.15, 0.2) is 0 Å². The zero-order valence-corrected chi connectivity index (χ0v) is 10.3. The van der Waals surface area contributed by atoms with E-state index >= 15 is 0 Å². The van der Waals surface area contributed by atoms with Gasteiger partial charge >= 0.3 is 5.97 Å². The molecular weight excluding hydrogens is 238 g/mol. The third kappa shape index (κ3) is 3.68. The van der Waals surface area contributed by atoms with Crippen LogP contribution in [0.4, 0.5) is 0 Å². The van der Waals surface area contributed by atoms with Gasteiger partial charge in [0.25, 0.3) is 0 Å². The second-order valence-electron chi connectivity index (χ2n) is 4.77. The molecule has 2 atom stereocenters. The molecule has 0 radical (unpaired) electrons. The van der Waals surface area contributed by atoms with Crippen molar-refractivity contribution in [1.29, 1.82) is 0 Å². The number of morpholine rings is 1. The molecule has 2 rings (SSSR count). The van der Waals surface area contributed by atoms with E-state index < -0.39 is 5.97 Å². The fraction of sp³-hybridized carbons (Fsp3) is 0.833. The topological polar surface area (TPSA) is 76.1 Å².